The maximum absolute atomic E-state index is 13.1. The minimum absolute atomic E-state index is 0.110. The molecule has 0 bridgehead atoms. The quantitative estimate of drug-likeness (QED) is 0.548. The van der Waals surface area contributed by atoms with Gasteiger partial charge in [0.25, 0.3) is 5.91 Å². The van der Waals surface area contributed by atoms with Gasteiger partial charge in [0.15, 0.2) is 5.69 Å². The van der Waals surface area contributed by atoms with Crippen LogP contribution in [0.3, 0.4) is 0 Å². The van der Waals surface area contributed by atoms with Crippen LogP contribution in [-0.2, 0) is 22.7 Å². The summed E-state index contributed by atoms with van der Waals surface area (Å²) in [5.41, 5.74) is 1.97. The lowest BCUT2D eigenvalue weighted by atomic mass is 10.1. The molecule has 1 saturated heterocycles. The van der Waals surface area contributed by atoms with Crippen molar-refractivity contribution in [1.82, 2.24) is 24.8 Å². The van der Waals surface area contributed by atoms with Crippen molar-refractivity contribution in [1.29, 1.82) is 0 Å². The van der Waals surface area contributed by atoms with Crippen LogP contribution in [0.15, 0.2) is 53.2 Å². The first-order valence-electron chi connectivity index (χ1n) is 10.7. The van der Waals surface area contributed by atoms with Crippen LogP contribution in [-0.4, -0.2) is 62.8 Å². The van der Waals surface area contributed by atoms with Crippen molar-refractivity contribution in [3.63, 3.8) is 0 Å². The minimum atomic E-state index is -0.192. The summed E-state index contributed by atoms with van der Waals surface area (Å²) in [4.78, 5) is 28.9. The van der Waals surface area contributed by atoms with Gasteiger partial charge in [-0.3, -0.25) is 9.59 Å². The number of fused-ring (bicyclic) bond motifs is 1. The lowest BCUT2D eigenvalue weighted by molar-refractivity contribution is -0.127. The number of piperazine rings is 1. The number of rotatable bonds is 4. The van der Waals surface area contributed by atoms with Crippen LogP contribution >= 0.6 is 11.6 Å². The molecule has 4 heterocycles. The molecule has 10 heteroatoms. The monoisotopic (exact) mass is 467 g/mol. The third kappa shape index (κ3) is 4.55. The number of aromatic nitrogens is 3. The standard InChI is InChI=1S/C23H22ClN5O4/c24-17-5-3-16(4-6-17)20-14-29-19(15-33-20)22(25-26-29)23(31)28-11-9-27(10-12-28)21(30)8-7-18-2-1-13-32-18/h1-8,13,20H,9-12,14-15H2/b8-7+/t20-/m0/s1. The van der Waals surface area contributed by atoms with Crippen LogP contribution in [0.5, 0.6) is 0 Å². The van der Waals surface area contributed by atoms with E-state index in [9.17, 15) is 9.59 Å². The number of halogens is 1. The highest BCUT2D eigenvalue weighted by Gasteiger charge is 2.31. The highest BCUT2D eigenvalue weighted by molar-refractivity contribution is 6.30. The third-order valence-corrected chi connectivity index (χ3v) is 6.11. The fraction of sp³-hybridized carbons (Fsp3) is 0.304. The second kappa shape index (κ2) is 9.21. The maximum Gasteiger partial charge on any atom is 0.276 e. The smallest absolute Gasteiger partial charge is 0.276 e. The molecule has 0 saturated carbocycles. The van der Waals surface area contributed by atoms with E-state index in [1.807, 2.05) is 24.3 Å². The topological polar surface area (TPSA) is 93.7 Å². The molecule has 1 atom stereocenters. The van der Waals surface area contributed by atoms with Crippen LogP contribution in [0.1, 0.15) is 33.6 Å². The first kappa shape index (κ1) is 21.4. The van der Waals surface area contributed by atoms with E-state index in [2.05, 4.69) is 10.3 Å². The number of hydrogen-bond donors (Lipinski definition) is 0. The lowest BCUT2D eigenvalue weighted by Gasteiger charge is -2.34. The van der Waals surface area contributed by atoms with Crippen LogP contribution in [0.2, 0.25) is 5.02 Å². The first-order valence-corrected chi connectivity index (χ1v) is 11.1. The summed E-state index contributed by atoms with van der Waals surface area (Å²) in [5, 5.41) is 9.00. The van der Waals surface area contributed by atoms with E-state index >= 15 is 0 Å². The third-order valence-electron chi connectivity index (χ3n) is 5.85. The number of ether oxygens (including phenoxy) is 1. The van der Waals surface area contributed by atoms with E-state index in [0.29, 0.717) is 54.9 Å². The highest BCUT2D eigenvalue weighted by atomic mass is 35.5. The highest BCUT2D eigenvalue weighted by Crippen LogP contribution is 2.28. The fourth-order valence-corrected chi connectivity index (χ4v) is 4.11. The van der Waals surface area contributed by atoms with Crippen molar-refractivity contribution in [2.24, 2.45) is 0 Å². The molecular formula is C23H22ClN5O4. The number of nitrogens with zero attached hydrogens (tertiary/aromatic N) is 5. The van der Waals surface area contributed by atoms with Gasteiger partial charge in [-0.05, 0) is 35.9 Å². The average molecular weight is 468 g/mol. The van der Waals surface area contributed by atoms with Gasteiger partial charge in [0.1, 0.15) is 11.9 Å². The maximum atomic E-state index is 13.1. The Morgan fingerprint density at radius 1 is 1.06 bits per heavy atom. The number of carbonyl (C=O) groups is 2. The summed E-state index contributed by atoms with van der Waals surface area (Å²) < 4.78 is 12.9. The number of furan rings is 1. The molecule has 2 amide bonds. The molecule has 0 unspecified atom stereocenters. The normalized spacial score (nSPS) is 18.5. The van der Waals surface area contributed by atoms with Crippen molar-refractivity contribution in [3.8, 4) is 0 Å². The van der Waals surface area contributed by atoms with Crippen LogP contribution in [0.4, 0.5) is 0 Å². The Kier molecular flexibility index (Phi) is 5.97. The van der Waals surface area contributed by atoms with E-state index in [-0.39, 0.29) is 24.5 Å². The van der Waals surface area contributed by atoms with Crippen LogP contribution in [0, 0.1) is 0 Å². The molecule has 33 heavy (non-hydrogen) atoms. The van der Waals surface area contributed by atoms with E-state index < -0.39 is 0 Å². The summed E-state index contributed by atoms with van der Waals surface area (Å²) in [6, 6.07) is 11.0. The molecule has 2 aliphatic heterocycles. The van der Waals surface area contributed by atoms with Gasteiger partial charge in [-0.1, -0.05) is 28.9 Å². The zero-order valence-electron chi connectivity index (χ0n) is 17.8. The predicted octanol–water partition coefficient (Wildman–Crippen LogP) is 2.79. The molecule has 0 N–H and O–H groups in total. The van der Waals surface area contributed by atoms with E-state index in [0.717, 1.165) is 5.56 Å². The number of carbonyl (C=O) groups excluding carboxylic acids is 2. The fourth-order valence-electron chi connectivity index (χ4n) is 3.98. The number of hydrogen-bond acceptors (Lipinski definition) is 6. The van der Waals surface area contributed by atoms with E-state index in [4.69, 9.17) is 20.8 Å². The summed E-state index contributed by atoms with van der Waals surface area (Å²) in [6.45, 7) is 2.48. The summed E-state index contributed by atoms with van der Waals surface area (Å²) in [6.07, 6.45) is 4.50. The first-order chi connectivity index (χ1) is 16.1. The Morgan fingerprint density at radius 3 is 2.55 bits per heavy atom. The van der Waals surface area contributed by atoms with E-state index in [1.165, 1.54) is 6.08 Å². The molecule has 0 aliphatic carbocycles. The van der Waals surface area contributed by atoms with Gasteiger partial charge in [0.05, 0.1) is 25.1 Å². The summed E-state index contributed by atoms with van der Waals surface area (Å²) in [5.74, 6) is 0.318. The van der Waals surface area contributed by atoms with Gasteiger partial charge in [0.2, 0.25) is 5.91 Å². The lowest BCUT2D eigenvalue weighted by Crippen LogP contribution is -2.50. The molecule has 1 aromatic carbocycles. The van der Waals surface area contributed by atoms with Gasteiger partial charge < -0.3 is 19.0 Å². The van der Waals surface area contributed by atoms with Gasteiger partial charge in [-0.15, -0.1) is 5.10 Å². The minimum Gasteiger partial charge on any atom is -0.465 e. The van der Waals surface area contributed by atoms with Gasteiger partial charge in [-0.25, -0.2) is 4.68 Å². The molecule has 0 radical (unpaired) electrons. The molecule has 2 aliphatic rings. The zero-order valence-corrected chi connectivity index (χ0v) is 18.5. The Hall–Kier alpha value is -3.43. The van der Waals surface area contributed by atoms with Gasteiger partial charge >= 0.3 is 0 Å². The Morgan fingerprint density at radius 2 is 1.82 bits per heavy atom. The number of benzene rings is 1. The van der Waals surface area contributed by atoms with Crippen molar-refractivity contribution >= 4 is 29.5 Å². The molecule has 3 aromatic rings. The van der Waals surface area contributed by atoms with Crippen LogP contribution in [0.25, 0.3) is 6.08 Å². The zero-order chi connectivity index (χ0) is 22.8. The molecule has 9 nitrogen and oxygen atoms in total. The molecule has 0 spiro atoms. The summed E-state index contributed by atoms with van der Waals surface area (Å²) in [7, 11) is 0. The van der Waals surface area contributed by atoms with Crippen molar-refractivity contribution in [2.75, 3.05) is 26.2 Å². The Labute approximate surface area is 195 Å². The average Bonchev–Trinajstić information content (AvgIpc) is 3.52. The second-order valence-corrected chi connectivity index (χ2v) is 8.32. The second-order valence-electron chi connectivity index (χ2n) is 7.88. The number of amides is 2. The van der Waals surface area contributed by atoms with Gasteiger partial charge in [0, 0.05) is 37.3 Å². The van der Waals surface area contributed by atoms with Crippen molar-refractivity contribution in [2.45, 2.75) is 19.3 Å². The molecular weight excluding hydrogens is 446 g/mol. The SMILES string of the molecule is O=C(/C=C/c1ccco1)N1CCN(C(=O)c2nnn3c2CO[C@H](c2ccc(Cl)cc2)C3)CC1. The Bertz CT molecular complexity index is 1160. The Balaban J connectivity index is 1.19. The molecule has 1 fully saturated rings. The molecule has 170 valence electrons. The predicted molar refractivity (Wildman–Crippen MR) is 119 cm³/mol. The summed E-state index contributed by atoms with van der Waals surface area (Å²) >= 11 is 5.97. The van der Waals surface area contributed by atoms with Crippen molar-refractivity contribution in [3.05, 3.63) is 76.5 Å². The van der Waals surface area contributed by atoms with Gasteiger partial charge in [-0.2, -0.15) is 0 Å². The largest absolute Gasteiger partial charge is 0.465 e. The van der Waals surface area contributed by atoms with Crippen LogP contribution < -0.4 is 0 Å². The molecule has 5 rings (SSSR count). The van der Waals surface area contributed by atoms with E-state index in [1.54, 1.807) is 39.0 Å². The molecule has 2 aromatic heterocycles. The van der Waals surface area contributed by atoms with Crippen molar-refractivity contribution < 1.29 is 18.7 Å².